The van der Waals surface area contributed by atoms with E-state index in [1.807, 2.05) is 54.7 Å². The van der Waals surface area contributed by atoms with Crippen LogP contribution in [0.25, 0.3) is 11.3 Å². The highest BCUT2D eigenvalue weighted by molar-refractivity contribution is 9.10. The third kappa shape index (κ3) is 3.89. The van der Waals surface area contributed by atoms with Crippen LogP contribution >= 0.6 is 28.1 Å². The van der Waals surface area contributed by atoms with Crippen molar-refractivity contribution in [1.29, 1.82) is 0 Å². The van der Waals surface area contributed by atoms with Crippen molar-refractivity contribution >= 4 is 33.3 Å². The van der Waals surface area contributed by atoms with E-state index in [0.717, 1.165) is 53.2 Å². The Morgan fingerprint density at radius 3 is 2.73 bits per heavy atom. The molecule has 2 aliphatic rings. The van der Waals surface area contributed by atoms with Crippen molar-refractivity contribution < 1.29 is 9.15 Å². The van der Waals surface area contributed by atoms with Gasteiger partial charge in [0, 0.05) is 29.4 Å². The lowest BCUT2D eigenvalue weighted by molar-refractivity contribution is 0.0818. The zero-order valence-electron chi connectivity index (χ0n) is 16.3. The topological polar surface area (TPSA) is 50.5 Å². The van der Waals surface area contributed by atoms with E-state index in [1.54, 1.807) is 0 Å². The van der Waals surface area contributed by atoms with E-state index in [4.69, 9.17) is 21.4 Å². The van der Waals surface area contributed by atoms with Gasteiger partial charge in [0.05, 0.1) is 17.8 Å². The number of hydrogen-bond acceptors (Lipinski definition) is 4. The minimum absolute atomic E-state index is 0.0796. The summed E-state index contributed by atoms with van der Waals surface area (Å²) in [5.41, 5.74) is 1.99. The number of hydrogen-bond donors (Lipinski definition) is 1. The van der Waals surface area contributed by atoms with Gasteiger partial charge in [0.25, 0.3) is 0 Å². The molecule has 0 unspecified atom stereocenters. The van der Waals surface area contributed by atoms with Gasteiger partial charge in [0.15, 0.2) is 5.11 Å². The van der Waals surface area contributed by atoms with E-state index in [1.165, 1.54) is 0 Å². The molecular formula is C23H22BrN3O2S. The molecule has 2 saturated heterocycles. The Balaban J connectivity index is 1.50. The molecule has 30 heavy (non-hydrogen) atoms. The summed E-state index contributed by atoms with van der Waals surface area (Å²) < 4.78 is 13.3. The Hall–Kier alpha value is -2.22. The van der Waals surface area contributed by atoms with E-state index >= 15 is 0 Å². The van der Waals surface area contributed by atoms with Crippen molar-refractivity contribution in [1.82, 2.24) is 15.2 Å². The fourth-order valence-electron chi connectivity index (χ4n) is 4.20. The molecular weight excluding hydrogens is 462 g/mol. The first-order valence-electron chi connectivity index (χ1n) is 10.1. The third-order valence-corrected chi connectivity index (χ3v) is 6.55. The van der Waals surface area contributed by atoms with Crippen LogP contribution < -0.4 is 5.32 Å². The molecule has 5 rings (SSSR count). The largest absolute Gasteiger partial charge is 0.459 e. The number of benzene rings is 1. The summed E-state index contributed by atoms with van der Waals surface area (Å²) in [7, 11) is 0. The smallest absolute Gasteiger partial charge is 0.170 e. The standard InChI is InChI=1S/C23H22BrN3O2S/c24-16-8-6-15(7-9-16)19-10-11-20(29-19)22-21(18-5-1-2-12-25-18)26-23(30)27(22)14-17-4-3-13-28-17/h1-2,5-12,17,21-22H,3-4,13-14H2,(H,26,30)/t17-,21-,22+/m1/s1. The molecule has 0 amide bonds. The lowest BCUT2D eigenvalue weighted by atomic mass is 10.0. The number of aromatic nitrogens is 1. The summed E-state index contributed by atoms with van der Waals surface area (Å²) in [5, 5.41) is 4.19. The van der Waals surface area contributed by atoms with Gasteiger partial charge in [-0.25, -0.2) is 0 Å². The molecule has 0 spiro atoms. The Morgan fingerprint density at radius 1 is 1.13 bits per heavy atom. The number of furan rings is 1. The monoisotopic (exact) mass is 483 g/mol. The lowest BCUT2D eigenvalue weighted by Gasteiger charge is -2.28. The van der Waals surface area contributed by atoms with Crippen LogP contribution in [-0.4, -0.2) is 34.3 Å². The number of nitrogens with zero attached hydrogens (tertiary/aromatic N) is 2. The maximum Gasteiger partial charge on any atom is 0.170 e. The van der Waals surface area contributed by atoms with Gasteiger partial charge in [-0.3, -0.25) is 4.98 Å². The van der Waals surface area contributed by atoms with Crippen molar-refractivity contribution in [3.8, 4) is 11.3 Å². The van der Waals surface area contributed by atoms with Gasteiger partial charge in [-0.05, 0) is 61.5 Å². The number of rotatable bonds is 5. The molecule has 2 fully saturated rings. The molecule has 7 heteroatoms. The van der Waals surface area contributed by atoms with Crippen LogP contribution in [0.4, 0.5) is 0 Å². The average Bonchev–Trinajstić information content (AvgIpc) is 3.51. The Kier molecular flexibility index (Phi) is 5.58. The fraction of sp³-hybridized carbons (Fsp3) is 0.304. The molecule has 2 aromatic heterocycles. The van der Waals surface area contributed by atoms with Gasteiger partial charge >= 0.3 is 0 Å². The van der Waals surface area contributed by atoms with Gasteiger partial charge in [-0.15, -0.1) is 0 Å². The zero-order chi connectivity index (χ0) is 20.5. The lowest BCUT2D eigenvalue weighted by Crippen LogP contribution is -2.36. The molecule has 3 atom stereocenters. The normalized spacial score (nSPS) is 23.7. The second-order valence-electron chi connectivity index (χ2n) is 7.62. The van der Waals surface area contributed by atoms with Crippen molar-refractivity contribution in [3.63, 3.8) is 0 Å². The molecule has 0 aliphatic carbocycles. The summed E-state index contributed by atoms with van der Waals surface area (Å²) in [5.74, 6) is 1.71. The van der Waals surface area contributed by atoms with Crippen molar-refractivity contribution in [2.45, 2.75) is 31.0 Å². The minimum Gasteiger partial charge on any atom is -0.459 e. The SMILES string of the molecule is S=C1N[C@H](c2ccccn2)[C@H](c2ccc(-c3ccc(Br)cc3)o2)N1C[C@H]1CCCO1. The molecule has 0 radical (unpaired) electrons. The fourth-order valence-corrected chi connectivity index (χ4v) is 4.78. The molecule has 1 aromatic carbocycles. The van der Waals surface area contributed by atoms with Gasteiger partial charge in [0.2, 0.25) is 0 Å². The van der Waals surface area contributed by atoms with Crippen LogP contribution in [0.2, 0.25) is 0 Å². The third-order valence-electron chi connectivity index (χ3n) is 5.67. The summed E-state index contributed by atoms with van der Waals surface area (Å²) in [6.07, 6.45) is 4.16. The summed E-state index contributed by atoms with van der Waals surface area (Å²) in [6.45, 7) is 1.57. The van der Waals surface area contributed by atoms with Gasteiger partial charge in [0.1, 0.15) is 17.6 Å². The maximum atomic E-state index is 6.36. The van der Waals surface area contributed by atoms with Gasteiger partial charge in [-0.1, -0.05) is 34.1 Å². The Morgan fingerprint density at radius 2 is 2.00 bits per heavy atom. The van der Waals surface area contributed by atoms with Crippen molar-refractivity contribution in [3.05, 3.63) is 76.7 Å². The molecule has 5 nitrogen and oxygen atoms in total. The van der Waals surface area contributed by atoms with Crippen LogP contribution in [0.15, 0.2) is 69.7 Å². The zero-order valence-corrected chi connectivity index (χ0v) is 18.7. The predicted molar refractivity (Wildman–Crippen MR) is 123 cm³/mol. The van der Waals surface area contributed by atoms with Crippen LogP contribution in [-0.2, 0) is 4.74 Å². The van der Waals surface area contributed by atoms with Crippen LogP contribution in [0.3, 0.4) is 0 Å². The number of nitrogens with one attached hydrogen (secondary N) is 1. The molecule has 3 aromatic rings. The van der Waals surface area contributed by atoms with Crippen LogP contribution in [0.5, 0.6) is 0 Å². The summed E-state index contributed by atoms with van der Waals surface area (Å²) >= 11 is 9.22. The van der Waals surface area contributed by atoms with E-state index in [9.17, 15) is 0 Å². The minimum atomic E-state index is -0.0826. The molecule has 0 bridgehead atoms. The quantitative estimate of drug-likeness (QED) is 0.499. The van der Waals surface area contributed by atoms with Crippen molar-refractivity contribution in [2.24, 2.45) is 0 Å². The highest BCUT2D eigenvalue weighted by atomic mass is 79.9. The molecule has 154 valence electrons. The first-order chi connectivity index (χ1) is 14.7. The van der Waals surface area contributed by atoms with E-state index < -0.39 is 0 Å². The van der Waals surface area contributed by atoms with E-state index in [0.29, 0.717) is 5.11 Å². The van der Waals surface area contributed by atoms with Crippen LogP contribution in [0.1, 0.15) is 36.4 Å². The number of thiocarbonyl (C=S) groups is 1. The summed E-state index contributed by atoms with van der Waals surface area (Å²) in [4.78, 5) is 6.79. The van der Waals surface area contributed by atoms with Gasteiger partial charge in [-0.2, -0.15) is 0 Å². The second-order valence-corrected chi connectivity index (χ2v) is 8.93. The van der Waals surface area contributed by atoms with Crippen molar-refractivity contribution in [2.75, 3.05) is 13.2 Å². The number of pyridine rings is 1. The molecule has 0 saturated carbocycles. The predicted octanol–water partition coefficient (Wildman–Crippen LogP) is 5.26. The molecule has 2 aliphatic heterocycles. The number of halogens is 1. The average molecular weight is 484 g/mol. The Bertz CT molecular complexity index is 1020. The van der Waals surface area contributed by atoms with Crippen LogP contribution in [0, 0.1) is 0 Å². The van der Waals surface area contributed by atoms with E-state index in [-0.39, 0.29) is 18.2 Å². The highest BCUT2D eigenvalue weighted by Crippen LogP contribution is 2.41. The van der Waals surface area contributed by atoms with E-state index in [2.05, 4.69) is 37.2 Å². The maximum absolute atomic E-state index is 6.36. The highest BCUT2D eigenvalue weighted by Gasteiger charge is 2.42. The van der Waals surface area contributed by atoms with Gasteiger partial charge < -0.3 is 19.4 Å². The number of ether oxygens (including phenoxy) is 1. The summed E-state index contributed by atoms with van der Waals surface area (Å²) in [6, 6.07) is 18.0. The second kappa shape index (κ2) is 8.49. The Labute approximate surface area is 189 Å². The molecule has 4 heterocycles. The molecule has 1 N–H and O–H groups in total. The first-order valence-corrected chi connectivity index (χ1v) is 11.3. The first kappa shape index (κ1) is 19.7.